The van der Waals surface area contributed by atoms with Crippen molar-refractivity contribution in [3.05, 3.63) is 108 Å². The summed E-state index contributed by atoms with van der Waals surface area (Å²) >= 11 is 0. The fourth-order valence-corrected chi connectivity index (χ4v) is 5.63. The summed E-state index contributed by atoms with van der Waals surface area (Å²) in [4.78, 5) is 28.6. The van der Waals surface area contributed by atoms with E-state index in [4.69, 9.17) is 4.74 Å². The molecule has 7 nitrogen and oxygen atoms in total. The number of fused-ring (bicyclic) bond motifs is 1. The zero-order valence-corrected chi connectivity index (χ0v) is 20.1. The van der Waals surface area contributed by atoms with Crippen LogP contribution in [0, 0.1) is 0 Å². The van der Waals surface area contributed by atoms with E-state index in [1.165, 1.54) is 4.90 Å². The highest BCUT2D eigenvalue weighted by Crippen LogP contribution is 2.37. The molecule has 3 aromatic carbocycles. The number of carbonyl (C=O) groups excluding carboxylic acids is 1. The Kier molecular flexibility index (Phi) is 7.18. The second-order valence-corrected chi connectivity index (χ2v) is 9.54. The number of nitrogens with one attached hydrogen (secondary N) is 1. The number of amides is 2. The molecule has 2 fully saturated rings. The molecule has 5 rings (SSSR count). The Balaban J connectivity index is 1.35. The summed E-state index contributed by atoms with van der Waals surface area (Å²) in [6.45, 7) is 1.70. The lowest BCUT2D eigenvalue weighted by Crippen LogP contribution is -2.59. The predicted octanol–water partition coefficient (Wildman–Crippen LogP) is 4.55. The van der Waals surface area contributed by atoms with Crippen molar-refractivity contribution in [3.63, 3.8) is 0 Å². The van der Waals surface area contributed by atoms with Crippen molar-refractivity contribution in [3.8, 4) is 0 Å². The summed E-state index contributed by atoms with van der Waals surface area (Å²) < 4.78 is 5.44. The van der Waals surface area contributed by atoms with Crippen LogP contribution in [0.2, 0.25) is 0 Å². The summed E-state index contributed by atoms with van der Waals surface area (Å²) in [6, 6.07) is 30.0. The SMILES string of the molecule is O=C(N[C@H]1C[C@H]2CN(C(=O)O)C[C@@H](C(c3ccccc3)c3ccccc3)N2C1)OCc1ccccc1. The second kappa shape index (κ2) is 10.8. The quantitative estimate of drug-likeness (QED) is 0.535. The molecule has 36 heavy (non-hydrogen) atoms. The summed E-state index contributed by atoms with van der Waals surface area (Å²) in [5, 5.41) is 12.9. The first-order valence-corrected chi connectivity index (χ1v) is 12.4. The number of ether oxygens (including phenoxy) is 1. The van der Waals surface area contributed by atoms with E-state index >= 15 is 0 Å². The van der Waals surface area contributed by atoms with Crippen molar-refractivity contribution in [1.82, 2.24) is 15.1 Å². The van der Waals surface area contributed by atoms with Gasteiger partial charge in [-0.2, -0.15) is 0 Å². The molecule has 2 aliphatic rings. The molecule has 0 aromatic heterocycles. The van der Waals surface area contributed by atoms with Gasteiger partial charge in [-0.3, -0.25) is 4.90 Å². The largest absolute Gasteiger partial charge is 0.465 e. The van der Waals surface area contributed by atoms with Gasteiger partial charge in [0.2, 0.25) is 0 Å². The molecule has 2 N–H and O–H groups in total. The predicted molar refractivity (Wildman–Crippen MR) is 137 cm³/mol. The second-order valence-electron chi connectivity index (χ2n) is 9.54. The van der Waals surface area contributed by atoms with Gasteiger partial charge >= 0.3 is 12.2 Å². The number of nitrogens with zero attached hydrogens (tertiary/aromatic N) is 2. The summed E-state index contributed by atoms with van der Waals surface area (Å²) in [5.41, 5.74) is 3.24. The Morgan fingerprint density at radius 2 is 1.44 bits per heavy atom. The molecule has 2 heterocycles. The fraction of sp³-hybridized carbons (Fsp3) is 0.310. The maximum atomic E-state index is 12.6. The number of hydrogen-bond acceptors (Lipinski definition) is 4. The topological polar surface area (TPSA) is 82.1 Å². The van der Waals surface area contributed by atoms with Gasteiger partial charge in [-0.25, -0.2) is 9.59 Å². The van der Waals surface area contributed by atoms with Crippen molar-refractivity contribution in [2.24, 2.45) is 0 Å². The third kappa shape index (κ3) is 5.36. The number of hydrogen-bond donors (Lipinski definition) is 2. The average Bonchev–Trinajstić information content (AvgIpc) is 3.32. The zero-order valence-electron chi connectivity index (χ0n) is 20.1. The smallest absolute Gasteiger partial charge is 0.407 e. The van der Waals surface area contributed by atoms with Gasteiger partial charge in [0.15, 0.2) is 0 Å². The lowest BCUT2D eigenvalue weighted by atomic mass is 9.82. The molecule has 0 radical (unpaired) electrons. The molecule has 3 aromatic rings. The summed E-state index contributed by atoms with van der Waals surface area (Å²) in [6.07, 6.45) is -0.673. The first kappa shape index (κ1) is 23.9. The van der Waals surface area contributed by atoms with Gasteiger partial charge in [0.25, 0.3) is 0 Å². The van der Waals surface area contributed by atoms with E-state index in [-0.39, 0.29) is 30.7 Å². The Hall–Kier alpha value is -3.84. The highest BCUT2D eigenvalue weighted by Gasteiger charge is 2.46. The van der Waals surface area contributed by atoms with Gasteiger partial charge in [0.1, 0.15) is 6.61 Å². The molecule has 0 bridgehead atoms. The molecule has 0 spiro atoms. The Morgan fingerprint density at radius 3 is 2.03 bits per heavy atom. The monoisotopic (exact) mass is 485 g/mol. The molecule has 2 aliphatic heterocycles. The highest BCUT2D eigenvalue weighted by molar-refractivity contribution is 5.68. The van der Waals surface area contributed by atoms with Crippen LogP contribution in [0.15, 0.2) is 91.0 Å². The van der Waals surface area contributed by atoms with E-state index in [0.29, 0.717) is 26.1 Å². The van der Waals surface area contributed by atoms with E-state index < -0.39 is 12.2 Å². The van der Waals surface area contributed by atoms with Crippen LogP contribution in [0.5, 0.6) is 0 Å². The molecule has 0 aliphatic carbocycles. The average molecular weight is 486 g/mol. The normalized spacial score (nSPS) is 21.7. The van der Waals surface area contributed by atoms with E-state index in [1.54, 1.807) is 0 Å². The van der Waals surface area contributed by atoms with Crippen molar-refractivity contribution in [2.45, 2.75) is 37.1 Å². The van der Waals surface area contributed by atoms with E-state index in [9.17, 15) is 14.7 Å². The molecule has 2 saturated heterocycles. The summed E-state index contributed by atoms with van der Waals surface area (Å²) in [5.74, 6) is 0.000771. The van der Waals surface area contributed by atoms with Crippen molar-refractivity contribution < 1.29 is 19.4 Å². The molecular formula is C29H31N3O4. The van der Waals surface area contributed by atoms with Crippen LogP contribution >= 0.6 is 0 Å². The standard InChI is InChI=1S/C29H31N3O4/c33-28(36-20-21-10-4-1-5-11-21)30-24-16-25-18-31(29(34)35)19-26(32(25)17-24)27(22-12-6-2-7-13-22)23-14-8-3-9-15-23/h1-15,24-27H,16-20H2,(H,30,33)(H,34,35)/t24-,25-,26-/m0/s1. The van der Waals surface area contributed by atoms with Crippen LogP contribution in [-0.2, 0) is 11.3 Å². The minimum atomic E-state index is -0.904. The lowest BCUT2D eigenvalue weighted by molar-refractivity contribution is 0.0429. The lowest BCUT2D eigenvalue weighted by Gasteiger charge is -2.46. The molecule has 3 atom stereocenters. The first-order chi connectivity index (χ1) is 17.6. The molecular weight excluding hydrogens is 454 g/mol. The molecule has 0 unspecified atom stereocenters. The molecule has 7 heteroatoms. The van der Waals surface area contributed by atoms with Crippen LogP contribution in [0.1, 0.15) is 29.0 Å². The van der Waals surface area contributed by atoms with Crippen LogP contribution in [0.4, 0.5) is 9.59 Å². The van der Waals surface area contributed by atoms with Crippen molar-refractivity contribution in [2.75, 3.05) is 19.6 Å². The van der Waals surface area contributed by atoms with Gasteiger partial charge in [-0.1, -0.05) is 91.0 Å². The van der Waals surface area contributed by atoms with Gasteiger partial charge in [-0.05, 0) is 23.1 Å². The van der Waals surface area contributed by atoms with E-state index in [2.05, 4.69) is 34.5 Å². The van der Waals surface area contributed by atoms with Crippen LogP contribution in [0.3, 0.4) is 0 Å². The molecule has 186 valence electrons. The Morgan fingerprint density at radius 1 is 0.861 bits per heavy atom. The maximum absolute atomic E-state index is 12.6. The molecule has 0 saturated carbocycles. The fourth-order valence-electron chi connectivity index (χ4n) is 5.63. The number of rotatable bonds is 6. The third-order valence-corrected chi connectivity index (χ3v) is 7.23. The first-order valence-electron chi connectivity index (χ1n) is 12.4. The van der Waals surface area contributed by atoms with E-state index in [1.807, 2.05) is 66.7 Å². The minimum Gasteiger partial charge on any atom is -0.465 e. The van der Waals surface area contributed by atoms with Gasteiger partial charge in [-0.15, -0.1) is 0 Å². The van der Waals surface area contributed by atoms with Crippen molar-refractivity contribution in [1.29, 1.82) is 0 Å². The van der Waals surface area contributed by atoms with Crippen molar-refractivity contribution >= 4 is 12.2 Å². The van der Waals surface area contributed by atoms with Gasteiger partial charge < -0.3 is 20.1 Å². The number of benzene rings is 3. The van der Waals surface area contributed by atoms with Crippen LogP contribution < -0.4 is 5.32 Å². The minimum absolute atomic E-state index is 0.000771. The van der Waals surface area contributed by atoms with Crippen LogP contribution in [0.25, 0.3) is 0 Å². The highest BCUT2D eigenvalue weighted by atomic mass is 16.5. The third-order valence-electron chi connectivity index (χ3n) is 7.23. The number of carboxylic acid groups (broad SMARTS) is 1. The Labute approximate surface area is 211 Å². The number of alkyl carbamates (subject to hydrolysis) is 1. The van der Waals surface area contributed by atoms with Gasteiger partial charge in [0.05, 0.1) is 0 Å². The van der Waals surface area contributed by atoms with Crippen LogP contribution in [-0.4, -0.2) is 64.9 Å². The maximum Gasteiger partial charge on any atom is 0.407 e. The zero-order chi connectivity index (χ0) is 24.9. The van der Waals surface area contributed by atoms with E-state index in [0.717, 1.165) is 16.7 Å². The Bertz CT molecular complexity index is 1120. The molecule has 2 amide bonds. The van der Waals surface area contributed by atoms with Gasteiger partial charge in [0, 0.05) is 43.7 Å². The summed E-state index contributed by atoms with van der Waals surface area (Å²) in [7, 11) is 0. The number of piperazine rings is 1. The number of carbonyl (C=O) groups is 2.